The van der Waals surface area contributed by atoms with Gasteiger partial charge in [0, 0.05) is 10.9 Å². The Morgan fingerprint density at radius 3 is 2.29 bits per heavy atom. The van der Waals surface area contributed by atoms with Crippen LogP contribution in [0.5, 0.6) is 0 Å². The zero-order valence-electron chi connectivity index (χ0n) is 22.0. The number of aryl methyl sites for hydroxylation is 2. The average molecular weight is 450 g/mol. The second-order valence-corrected chi connectivity index (χ2v) is 12.5. The van der Waals surface area contributed by atoms with Crippen molar-refractivity contribution in [1.29, 1.82) is 0 Å². The lowest BCUT2D eigenvalue weighted by Gasteiger charge is -2.35. The molecule has 0 bridgehead atoms. The molecule has 0 N–H and O–H groups in total. The van der Waals surface area contributed by atoms with Crippen molar-refractivity contribution >= 4 is 21.7 Å². The van der Waals surface area contributed by atoms with Gasteiger partial charge >= 0.3 is 0 Å². The quantitative estimate of drug-likeness (QED) is 0.297. The SMILES string of the molecule is Cc1cc(C)c2c(C3CCC(C)(C)CC3)cc(-c3cc(C(C)(C)C)c4ccccc4c3)nc2c1. The highest BCUT2D eigenvalue weighted by Crippen LogP contribution is 2.45. The van der Waals surface area contributed by atoms with Gasteiger partial charge in [-0.3, -0.25) is 0 Å². The van der Waals surface area contributed by atoms with Crippen molar-refractivity contribution in [2.24, 2.45) is 5.41 Å². The molecule has 0 spiro atoms. The standard InChI is InChI=1S/C33H39N/c1-21-16-22(2)31-27(23-12-14-33(6,7)15-13-23)20-29(34-30(31)17-21)25-18-24-10-8-9-11-26(24)28(19-25)32(3,4)5/h8-11,16-20,23H,12-15H2,1-7H3. The number of nitrogens with zero attached hydrogens (tertiary/aromatic N) is 1. The fraction of sp³-hybridized carbons (Fsp3) is 0.424. The summed E-state index contributed by atoms with van der Waals surface area (Å²) in [4.78, 5) is 5.28. The summed E-state index contributed by atoms with van der Waals surface area (Å²) < 4.78 is 0. The molecule has 1 nitrogen and oxygen atoms in total. The molecule has 0 amide bonds. The molecule has 1 fully saturated rings. The van der Waals surface area contributed by atoms with Crippen LogP contribution in [0, 0.1) is 19.3 Å². The Hall–Kier alpha value is -2.67. The Kier molecular flexibility index (Phi) is 5.58. The summed E-state index contributed by atoms with van der Waals surface area (Å²) in [5.41, 5.74) is 9.60. The summed E-state index contributed by atoms with van der Waals surface area (Å²) in [5.74, 6) is 0.612. The first-order valence-corrected chi connectivity index (χ1v) is 13.0. The molecule has 4 aromatic rings. The van der Waals surface area contributed by atoms with Gasteiger partial charge in [0.1, 0.15) is 0 Å². The summed E-state index contributed by atoms with van der Waals surface area (Å²) >= 11 is 0. The van der Waals surface area contributed by atoms with E-state index in [4.69, 9.17) is 4.98 Å². The molecule has 0 unspecified atom stereocenters. The van der Waals surface area contributed by atoms with Gasteiger partial charge in [-0.1, -0.05) is 65.0 Å². The summed E-state index contributed by atoms with van der Waals surface area (Å²) in [7, 11) is 0. The van der Waals surface area contributed by atoms with Gasteiger partial charge in [-0.2, -0.15) is 0 Å². The van der Waals surface area contributed by atoms with Gasteiger partial charge in [-0.25, -0.2) is 4.98 Å². The van der Waals surface area contributed by atoms with E-state index >= 15 is 0 Å². The fourth-order valence-electron chi connectivity index (χ4n) is 6.05. The lowest BCUT2D eigenvalue weighted by Crippen LogP contribution is -2.20. The van der Waals surface area contributed by atoms with Gasteiger partial charge in [0.05, 0.1) is 11.2 Å². The largest absolute Gasteiger partial charge is 0.248 e. The molecule has 0 aliphatic heterocycles. The summed E-state index contributed by atoms with van der Waals surface area (Å²) in [6.07, 6.45) is 5.13. The molecule has 3 aromatic carbocycles. The van der Waals surface area contributed by atoms with Gasteiger partial charge in [-0.05, 0) is 114 Å². The third kappa shape index (κ3) is 4.26. The minimum absolute atomic E-state index is 0.0669. The molecule has 34 heavy (non-hydrogen) atoms. The van der Waals surface area contributed by atoms with Gasteiger partial charge in [0.25, 0.3) is 0 Å². The van der Waals surface area contributed by atoms with Crippen molar-refractivity contribution in [1.82, 2.24) is 4.98 Å². The molecule has 0 saturated heterocycles. The molecule has 1 aliphatic rings. The Labute approximate surface area is 205 Å². The van der Waals surface area contributed by atoms with Gasteiger partial charge in [-0.15, -0.1) is 0 Å². The number of benzene rings is 3. The van der Waals surface area contributed by atoms with E-state index in [0.29, 0.717) is 11.3 Å². The normalized spacial score (nSPS) is 16.9. The van der Waals surface area contributed by atoms with E-state index < -0.39 is 0 Å². The molecular weight excluding hydrogens is 410 g/mol. The minimum Gasteiger partial charge on any atom is -0.248 e. The Balaban J connectivity index is 1.75. The molecule has 0 radical (unpaired) electrons. The van der Waals surface area contributed by atoms with Gasteiger partial charge in [0.15, 0.2) is 0 Å². The molecule has 176 valence electrons. The van der Waals surface area contributed by atoms with Crippen molar-refractivity contribution in [3.8, 4) is 11.3 Å². The molecule has 1 heterocycles. The van der Waals surface area contributed by atoms with Crippen molar-refractivity contribution in [3.63, 3.8) is 0 Å². The lowest BCUT2D eigenvalue weighted by atomic mass is 9.70. The van der Waals surface area contributed by atoms with Crippen LogP contribution in [0.15, 0.2) is 54.6 Å². The molecule has 1 aromatic heterocycles. The Bertz CT molecular complexity index is 1370. The number of pyridine rings is 1. The predicted molar refractivity (Wildman–Crippen MR) is 148 cm³/mol. The van der Waals surface area contributed by atoms with Crippen LogP contribution in [0.4, 0.5) is 0 Å². The fourth-order valence-corrected chi connectivity index (χ4v) is 6.05. The van der Waals surface area contributed by atoms with E-state index in [0.717, 1.165) is 11.2 Å². The smallest absolute Gasteiger partial charge is 0.0717 e. The van der Waals surface area contributed by atoms with Crippen LogP contribution in [-0.4, -0.2) is 4.98 Å². The first-order valence-electron chi connectivity index (χ1n) is 13.0. The van der Waals surface area contributed by atoms with E-state index in [2.05, 4.69) is 103 Å². The molecule has 1 aliphatic carbocycles. The highest BCUT2D eigenvalue weighted by molar-refractivity contribution is 5.93. The maximum atomic E-state index is 5.28. The number of fused-ring (bicyclic) bond motifs is 2. The van der Waals surface area contributed by atoms with Gasteiger partial charge < -0.3 is 0 Å². The number of rotatable bonds is 2. The minimum atomic E-state index is 0.0669. The first kappa shape index (κ1) is 23.1. The lowest BCUT2D eigenvalue weighted by molar-refractivity contribution is 0.225. The average Bonchev–Trinajstić information content (AvgIpc) is 2.76. The van der Waals surface area contributed by atoms with E-state index in [9.17, 15) is 0 Å². The van der Waals surface area contributed by atoms with Crippen LogP contribution in [0.3, 0.4) is 0 Å². The van der Waals surface area contributed by atoms with Crippen LogP contribution in [0.2, 0.25) is 0 Å². The third-order valence-corrected chi connectivity index (χ3v) is 8.03. The zero-order valence-corrected chi connectivity index (χ0v) is 22.0. The summed E-state index contributed by atoms with van der Waals surface area (Å²) in [6, 6.07) is 20.6. The van der Waals surface area contributed by atoms with Crippen LogP contribution in [-0.2, 0) is 5.41 Å². The maximum Gasteiger partial charge on any atom is 0.0717 e. The number of hydrogen-bond acceptors (Lipinski definition) is 1. The second kappa shape index (κ2) is 8.22. The summed E-state index contributed by atoms with van der Waals surface area (Å²) in [6.45, 7) is 16.3. The molecule has 1 heteroatoms. The van der Waals surface area contributed by atoms with E-state index in [1.165, 1.54) is 69.7 Å². The van der Waals surface area contributed by atoms with Gasteiger partial charge in [0.2, 0.25) is 0 Å². The maximum absolute atomic E-state index is 5.28. The highest BCUT2D eigenvalue weighted by atomic mass is 14.7. The Morgan fingerprint density at radius 1 is 0.882 bits per heavy atom. The highest BCUT2D eigenvalue weighted by Gasteiger charge is 2.29. The van der Waals surface area contributed by atoms with Crippen LogP contribution in [0.25, 0.3) is 32.9 Å². The zero-order chi connectivity index (χ0) is 24.3. The topological polar surface area (TPSA) is 12.9 Å². The molecule has 1 saturated carbocycles. The van der Waals surface area contributed by atoms with E-state index in [1.54, 1.807) is 0 Å². The van der Waals surface area contributed by atoms with Crippen molar-refractivity contribution in [3.05, 3.63) is 76.9 Å². The first-order chi connectivity index (χ1) is 16.0. The van der Waals surface area contributed by atoms with Crippen molar-refractivity contribution < 1.29 is 0 Å². The van der Waals surface area contributed by atoms with Crippen molar-refractivity contribution in [2.45, 2.75) is 85.5 Å². The van der Waals surface area contributed by atoms with Crippen LogP contribution in [0.1, 0.15) is 88.5 Å². The van der Waals surface area contributed by atoms with Crippen LogP contribution >= 0.6 is 0 Å². The predicted octanol–water partition coefficient (Wildman–Crippen LogP) is 9.65. The van der Waals surface area contributed by atoms with E-state index in [-0.39, 0.29) is 5.41 Å². The van der Waals surface area contributed by atoms with Crippen LogP contribution < -0.4 is 0 Å². The van der Waals surface area contributed by atoms with Crippen molar-refractivity contribution in [2.75, 3.05) is 0 Å². The molecule has 0 atom stereocenters. The van der Waals surface area contributed by atoms with E-state index in [1.807, 2.05) is 0 Å². The number of aromatic nitrogens is 1. The number of hydrogen-bond donors (Lipinski definition) is 0. The molecule has 5 rings (SSSR count). The second-order valence-electron chi connectivity index (χ2n) is 12.5. The molecular formula is C33H39N. The Morgan fingerprint density at radius 2 is 1.59 bits per heavy atom. The third-order valence-electron chi connectivity index (χ3n) is 8.03. The monoisotopic (exact) mass is 449 g/mol. The summed E-state index contributed by atoms with van der Waals surface area (Å²) in [5, 5.41) is 4.03.